The lowest BCUT2D eigenvalue weighted by Crippen LogP contribution is -2.07. The van der Waals surface area contributed by atoms with E-state index in [1.165, 1.54) is 12.1 Å². The molecule has 0 amide bonds. The maximum Gasteiger partial charge on any atom is 0.327 e. The largest absolute Gasteiger partial charge is 0.768 e. The first-order valence-electron chi connectivity index (χ1n) is 3.18. The zero-order valence-electron chi connectivity index (χ0n) is 6.17. The van der Waals surface area contributed by atoms with E-state index in [9.17, 15) is 17.5 Å². The summed E-state index contributed by atoms with van der Waals surface area (Å²) in [5.41, 5.74) is -0.552. The average molecular weight is 270 g/mol. The van der Waals surface area contributed by atoms with Crippen molar-refractivity contribution in [2.75, 3.05) is 0 Å². The fourth-order valence-corrected chi connectivity index (χ4v) is 1.89. The highest BCUT2D eigenvalue weighted by Crippen LogP contribution is 2.37. The third-order valence-corrected chi connectivity index (χ3v) is 2.51. The van der Waals surface area contributed by atoms with Gasteiger partial charge in [-0.15, -0.1) is 0 Å². The van der Waals surface area contributed by atoms with Gasteiger partial charge in [-0.1, -0.05) is 18.2 Å². The molecule has 1 rings (SSSR count). The SMILES string of the molecule is O=S([O-])c1ccccc1C(F)(F)Br. The molecule has 0 bridgehead atoms. The molecule has 2 nitrogen and oxygen atoms in total. The average Bonchev–Trinajstić information content (AvgIpc) is 2.03. The van der Waals surface area contributed by atoms with Crippen molar-refractivity contribution in [3.05, 3.63) is 29.8 Å². The molecule has 1 aromatic rings. The molecule has 0 heterocycles. The summed E-state index contributed by atoms with van der Waals surface area (Å²) in [7, 11) is 0. The van der Waals surface area contributed by atoms with Crippen LogP contribution in [0.4, 0.5) is 8.78 Å². The smallest absolute Gasteiger partial charge is 0.327 e. The molecule has 1 aromatic carbocycles. The summed E-state index contributed by atoms with van der Waals surface area (Å²) in [6.45, 7) is 0. The van der Waals surface area contributed by atoms with Gasteiger partial charge in [0.15, 0.2) is 0 Å². The van der Waals surface area contributed by atoms with Gasteiger partial charge in [-0.25, -0.2) is 0 Å². The van der Waals surface area contributed by atoms with Crippen LogP contribution in [0.25, 0.3) is 0 Å². The minimum atomic E-state index is -3.32. The van der Waals surface area contributed by atoms with Crippen molar-refractivity contribution in [1.29, 1.82) is 0 Å². The minimum absolute atomic E-state index is 0.399. The third kappa shape index (κ3) is 2.55. The second-order valence-corrected chi connectivity index (χ2v) is 4.13. The molecule has 0 aliphatic heterocycles. The van der Waals surface area contributed by atoms with E-state index in [1.54, 1.807) is 0 Å². The molecule has 72 valence electrons. The number of benzene rings is 1. The van der Waals surface area contributed by atoms with Crippen LogP contribution >= 0.6 is 15.9 Å². The van der Waals surface area contributed by atoms with Gasteiger partial charge in [0.25, 0.3) is 0 Å². The standard InChI is InChI=1S/C7H5BrF2O2S/c8-7(9,10)5-3-1-2-4-6(5)13(11)12/h1-4H,(H,11,12)/p-1. The molecule has 0 fully saturated rings. The van der Waals surface area contributed by atoms with Crippen molar-refractivity contribution in [1.82, 2.24) is 0 Å². The lowest BCUT2D eigenvalue weighted by atomic mass is 10.2. The normalized spacial score (nSPS) is 14.2. The van der Waals surface area contributed by atoms with Crippen LogP contribution in [0.3, 0.4) is 0 Å². The van der Waals surface area contributed by atoms with Crippen molar-refractivity contribution in [2.24, 2.45) is 0 Å². The Morgan fingerprint density at radius 2 is 1.92 bits per heavy atom. The van der Waals surface area contributed by atoms with Gasteiger partial charge in [-0.3, -0.25) is 4.21 Å². The van der Waals surface area contributed by atoms with E-state index in [2.05, 4.69) is 15.9 Å². The molecule has 0 spiro atoms. The zero-order valence-corrected chi connectivity index (χ0v) is 8.57. The summed E-state index contributed by atoms with van der Waals surface area (Å²) in [5, 5.41) is 0. The lowest BCUT2D eigenvalue weighted by molar-refractivity contribution is 0.111. The summed E-state index contributed by atoms with van der Waals surface area (Å²) in [6.07, 6.45) is 0. The summed E-state index contributed by atoms with van der Waals surface area (Å²) in [5.74, 6) is 0. The molecule has 0 aliphatic rings. The summed E-state index contributed by atoms with van der Waals surface area (Å²) < 4.78 is 46.5. The van der Waals surface area contributed by atoms with Crippen LogP contribution in [0.2, 0.25) is 0 Å². The van der Waals surface area contributed by atoms with Crippen LogP contribution in [0.1, 0.15) is 5.56 Å². The highest BCUT2D eigenvalue weighted by Gasteiger charge is 2.29. The number of halogens is 3. The predicted octanol–water partition coefficient (Wildman–Crippen LogP) is 2.37. The monoisotopic (exact) mass is 269 g/mol. The molecule has 1 atom stereocenters. The van der Waals surface area contributed by atoms with Crippen molar-refractivity contribution in [2.45, 2.75) is 9.73 Å². The first-order chi connectivity index (χ1) is 5.93. The maximum absolute atomic E-state index is 12.7. The van der Waals surface area contributed by atoms with Crippen molar-refractivity contribution in [3.8, 4) is 0 Å². The summed E-state index contributed by atoms with van der Waals surface area (Å²) in [6, 6.07) is 4.90. The molecular weight excluding hydrogens is 266 g/mol. The van der Waals surface area contributed by atoms with Crippen molar-refractivity contribution >= 4 is 27.0 Å². The van der Waals surface area contributed by atoms with E-state index in [4.69, 9.17) is 0 Å². The number of alkyl halides is 3. The number of hydrogen-bond acceptors (Lipinski definition) is 2. The quantitative estimate of drug-likeness (QED) is 0.611. The first-order valence-corrected chi connectivity index (χ1v) is 5.05. The van der Waals surface area contributed by atoms with Crippen molar-refractivity contribution in [3.63, 3.8) is 0 Å². The third-order valence-electron chi connectivity index (χ3n) is 1.37. The van der Waals surface area contributed by atoms with Gasteiger partial charge in [-0.2, -0.15) is 8.78 Å². The van der Waals surface area contributed by atoms with Crippen LogP contribution in [-0.2, 0) is 15.9 Å². The van der Waals surface area contributed by atoms with E-state index < -0.39 is 26.4 Å². The van der Waals surface area contributed by atoms with Crippen LogP contribution in [0, 0.1) is 0 Å². The highest BCUT2D eigenvalue weighted by molar-refractivity contribution is 9.09. The van der Waals surface area contributed by atoms with Crippen molar-refractivity contribution < 1.29 is 17.5 Å². The summed E-state index contributed by atoms with van der Waals surface area (Å²) >= 11 is -0.548. The molecule has 0 aromatic heterocycles. The minimum Gasteiger partial charge on any atom is -0.768 e. The van der Waals surface area contributed by atoms with E-state index in [-0.39, 0.29) is 0 Å². The molecule has 0 aliphatic carbocycles. The van der Waals surface area contributed by atoms with E-state index in [0.29, 0.717) is 0 Å². The fraction of sp³-hybridized carbons (Fsp3) is 0.143. The van der Waals surface area contributed by atoms with E-state index in [0.717, 1.165) is 12.1 Å². The number of rotatable bonds is 2. The summed E-state index contributed by atoms with van der Waals surface area (Å²) in [4.78, 5) is -3.71. The molecule has 0 N–H and O–H groups in total. The van der Waals surface area contributed by atoms with E-state index >= 15 is 0 Å². The first kappa shape index (κ1) is 10.7. The molecule has 13 heavy (non-hydrogen) atoms. The fourth-order valence-electron chi connectivity index (χ4n) is 0.846. The van der Waals surface area contributed by atoms with Gasteiger partial charge < -0.3 is 4.55 Å². The topological polar surface area (TPSA) is 40.1 Å². The second-order valence-electron chi connectivity index (χ2n) is 2.23. The Kier molecular flexibility index (Phi) is 3.15. The van der Waals surface area contributed by atoms with Crippen LogP contribution in [0.5, 0.6) is 0 Å². The Labute approximate surface area is 84.4 Å². The Bertz CT molecular complexity index is 338. The molecule has 0 saturated heterocycles. The van der Waals surface area contributed by atoms with Gasteiger partial charge in [0.1, 0.15) is 0 Å². The van der Waals surface area contributed by atoms with Gasteiger partial charge in [0, 0.05) is 10.5 Å². The Morgan fingerprint density at radius 3 is 2.31 bits per heavy atom. The van der Waals surface area contributed by atoms with Crippen LogP contribution in [0.15, 0.2) is 29.2 Å². The van der Waals surface area contributed by atoms with Gasteiger partial charge in [-0.05, 0) is 33.1 Å². The molecule has 6 heteroatoms. The lowest BCUT2D eigenvalue weighted by Gasteiger charge is -2.15. The molecular formula is C7H4BrF2O2S-. The zero-order chi connectivity index (χ0) is 10.1. The Hall–Kier alpha value is -0.330. The van der Waals surface area contributed by atoms with Gasteiger partial charge in [0.2, 0.25) is 0 Å². The molecule has 1 unspecified atom stereocenters. The Morgan fingerprint density at radius 1 is 1.38 bits per heavy atom. The van der Waals surface area contributed by atoms with Gasteiger partial charge >= 0.3 is 4.83 Å². The van der Waals surface area contributed by atoms with Crippen LogP contribution in [-0.4, -0.2) is 8.76 Å². The Balaban J connectivity index is 3.28. The molecule has 0 saturated carbocycles. The van der Waals surface area contributed by atoms with Crippen LogP contribution < -0.4 is 0 Å². The second kappa shape index (κ2) is 3.81. The predicted molar refractivity (Wildman–Crippen MR) is 46.4 cm³/mol. The highest BCUT2D eigenvalue weighted by atomic mass is 79.9. The molecule has 0 radical (unpaired) electrons. The van der Waals surface area contributed by atoms with Gasteiger partial charge in [0.05, 0.1) is 0 Å². The maximum atomic E-state index is 12.7. The van der Waals surface area contributed by atoms with E-state index in [1.807, 2.05) is 0 Å². The number of hydrogen-bond donors (Lipinski definition) is 0.